The van der Waals surface area contributed by atoms with Crippen LogP contribution in [0.4, 0.5) is 13.2 Å². The summed E-state index contributed by atoms with van der Waals surface area (Å²) in [6.07, 6.45) is 0. The van der Waals surface area contributed by atoms with E-state index in [1.165, 1.54) is 0 Å². The molecule has 0 aromatic rings. The van der Waals surface area contributed by atoms with Crippen LogP contribution < -0.4 is 0 Å². The standard InChI is InChI=1S/C4H9F3Si/c1-3(2)8-4(5,6)7/h3H,8H2,1-2H3. The average Bonchev–Trinajstić information content (AvgIpc) is 1.21. The molecule has 0 aliphatic heterocycles. The van der Waals surface area contributed by atoms with Crippen LogP contribution in [0.1, 0.15) is 13.8 Å². The predicted molar refractivity (Wildman–Crippen MR) is 29.7 cm³/mol. The fourth-order valence-corrected chi connectivity index (χ4v) is 1.39. The van der Waals surface area contributed by atoms with Crippen LogP contribution in [0, 0.1) is 0 Å². The summed E-state index contributed by atoms with van der Waals surface area (Å²) in [4.78, 5) is 0. The van der Waals surface area contributed by atoms with Gasteiger partial charge in [0, 0.05) is 0 Å². The Morgan fingerprint density at radius 3 is 1.62 bits per heavy atom. The van der Waals surface area contributed by atoms with Gasteiger partial charge in [-0.15, -0.1) is 0 Å². The van der Waals surface area contributed by atoms with E-state index < -0.39 is 15.3 Å². The van der Waals surface area contributed by atoms with Crippen molar-refractivity contribution in [1.82, 2.24) is 0 Å². The van der Waals surface area contributed by atoms with E-state index in [1.807, 2.05) is 0 Å². The molecule has 0 rings (SSSR count). The quantitative estimate of drug-likeness (QED) is 0.487. The van der Waals surface area contributed by atoms with Gasteiger partial charge in [0.25, 0.3) is 0 Å². The largest absolute Gasteiger partial charge is 0.355 e. The van der Waals surface area contributed by atoms with Crippen LogP contribution in [-0.2, 0) is 0 Å². The Morgan fingerprint density at radius 2 is 1.62 bits per heavy atom. The maximum absolute atomic E-state index is 11.4. The molecule has 0 amide bonds. The van der Waals surface area contributed by atoms with E-state index >= 15 is 0 Å². The summed E-state index contributed by atoms with van der Waals surface area (Å²) in [5, 5.41) is 0. The Balaban J connectivity index is 3.39. The molecular formula is C4H9F3Si. The normalized spacial score (nSPS) is 14.2. The van der Waals surface area contributed by atoms with Crippen LogP contribution >= 0.6 is 0 Å². The number of hydrogen-bond donors (Lipinski definition) is 0. The van der Waals surface area contributed by atoms with E-state index in [1.54, 1.807) is 13.8 Å². The second kappa shape index (κ2) is 2.52. The van der Waals surface area contributed by atoms with Crippen molar-refractivity contribution in [1.29, 1.82) is 0 Å². The lowest BCUT2D eigenvalue weighted by Crippen LogP contribution is -2.20. The van der Waals surface area contributed by atoms with E-state index in [0.29, 0.717) is 0 Å². The molecule has 0 aliphatic rings. The molecule has 0 atom stereocenters. The van der Waals surface area contributed by atoms with E-state index in [-0.39, 0.29) is 5.54 Å². The van der Waals surface area contributed by atoms with Gasteiger partial charge in [0.15, 0.2) is 9.52 Å². The molecule has 4 heteroatoms. The number of alkyl halides is 3. The van der Waals surface area contributed by atoms with Gasteiger partial charge in [-0.2, -0.15) is 13.2 Å². The molecule has 0 aromatic carbocycles. The van der Waals surface area contributed by atoms with Gasteiger partial charge >= 0.3 is 5.80 Å². The Hall–Kier alpha value is 0.00688. The van der Waals surface area contributed by atoms with Gasteiger partial charge in [0.2, 0.25) is 0 Å². The maximum atomic E-state index is 11.4. The highest BCUT2D eigenvalue weighted by Gasteiger charge is 2.28. The Labute approximate surface area is 48.9 Å². The molecule has 0 aliphatic carbocycles. The molecule has 0 nitrogen and oxygen atoms in total. The zero-order valence-electron chi connectivity index (χ0n) is 4.92. The lowest BCUT2D eigenvalue weighted by Gasteiger charge is -2.06. The van der Waals surface area contributed by atoms with E-state index in [9.17, 15) is 13.2 Å². The fraction of sp³-hybridized carbons (Fsp3) is 1.00. The summed E-state index contributed by atoms with van der Waals surface area (Å²) in [5.41, 5.74) is -0.144. The van der Waals surface area contributed by atoms with Gasteiger partial charge in [-0.25, -0.2) is 0 Å². The summed E-state index contributed by atoms with van der Waals surface area (Å²) in [7, 11) is -1.82. The lowest BCUT2D eigenvalue weighted by atomic mass is 10.6. The van der Waals surface area contributed by atoms with Crippen LogP contribution in [0.25, 0.3) is 0 Å². The number of rotatable bonds is 1. The Morgan fingerprint density at radius 1 is 1.25 bits per heavy atom. The van der Waals surface area contributed by atoms with Crippen molar-refractivity contribution in [2.45, 2.75) is 25.2 Å². The third kappa shape index (κ3) is 6.01. The van der Waals surface area contributed by atoms with Gasteiger partial charge in [0.1, 0.15) is 0 Å². The molecule has 0 aromatic heterocycles. The summed E-state index contributed by atoms with van der Waals surface area (Å²) in [6, 6.07) is 0. The van der Waals surface area contributed by atoms with Crippen LogP contribution in [0.2, 0.25) is 5.54 Å². The molecule has 0 unspecified atom stereocenters. The van der Waals surface area contributed by atoms with Crippen LogP contribution in [0.15, 0.2) is 0 Å². The Kier molecular flexibility index (Phi) is 2.53. The molecule has 50 valence electrons. The summed E-state index contributed by atoms with van der Waals surface area (Å²) in [6.45, 7) is 3.22. The first kappa shape index (κ1) is 8.01. The molecule has 0 radical (unpaired) electrons. The summed E-state index contributed by atoms with van der Waals surface area (Å²) >= 11 is 0. The maximum Gasteiger partial charge on any atom is 0.355 e. The minimum absolute atomic E-state index is 0.144. The van der Waals surface area contributed by atoms with Crippen molar-refractivity contribution in [3.63, 3.8) is 0 Å². The van der Waals surface area contributed by atoms with E-state index in [0.717, 1.165) is 0 Å². The molecule has 8 heavy (non-hydrogen) atoms. The molecule has 0 fully saturated rings. The van der Waals surface area contributed by atoms with Crippen LogP contribution in [0.3, 0.4) is 0 Å². The van der Waals surface area contributed by atoms with Gasteiger partial charge < -0.3 is 0 Å². The fourth-order valence-electron chi connectivity index (χ4n) is 0.463. The SMILES string of the molecule is CC(C)[SiH2]C(F)(F)F. The van der Waals surface area contributed by atoms with E-state index in [2.05, 4.69) is 0 Å². The number of halogens is 3. The van der Waals surface area contributed by atoms with Crippen LogP contribution in [-0.4, -0.2) is 15.3 Å². The van der Waals surface area contributed by atoms with Crippen molar-refractivity contribution < 1.29 is 13.2 Å². The smallest absolute Gasteiger partial charge is 0.178 e. The van der Waals surface area contributed by atoms with Gasteiger partial charge in [-0.1, -0.05) is 13.8 Å². The van der Waals surface area contributed by atoms with Crippen molar-refractivity contribution in [2.75, 3.05) is 0 Å². The molecule has 0 bridgehead atoms. The topological polar surface area (TPSA) is 0 Å². The average molecular weight is 142 g/mol. The highest BCUT2D eigenvalue weighted by molar-refractivity contribution is 6.39. The molecule has 0 saturated heterocycles. The highest BCUT2D eigenvalue weighted by atomic mass is 28.2. The first-order valence-electron chi connectivity index (χ1n) is 2.48. The van der Waals surface area contributed by atoms with Crippen molar-refractivity contribution in [2.24, 2.45) is 0 Å². The second-order valence-corrected chi connectivity index (χ2v) is 5.06. The zero-order valence-corrected chi connectivity index (χ0v) is 6.33. The molecular weight excluding hydrogens is 133 g/mol. The molecule has 0 spiro atoms. The first-order chi connectivity index (χ1) is 3.42. The monoisotopic (exact) mass is 142 g/mol. The molecule has 0 N–H and O–H groups in total. The lowest BCUT2D eigenvalue weighted by molar-refractivity contribution is -0.0479. The third-order valence-corrected chi connectivity index (χ3v) is 1.92. The van der Waals surface area contributed by atoms with Crippen LogP contribution in [0.5, 0.6) is 0 Å². The summed E-state index contributed by atoms with van der Waals surface area (Å²) in [5.74, 6) is -3.84. The number of hydrogen-bond acceptors (Lipinski definition) is 0. The third-order valence-electron chi connectivity index (χ3n) is 0.640. The zero-order chi connectivity index (χ0) is 6.78. The van der Waals surface area contributed by atoms with Gasteiger partial charge in [-0.3, -0.25) is 0 Å². The minimum atomic E-state index is -3.84. The molecule has 0 saturated carbocycles. The Bertz CT molecular complexity index is 66.2. The van der Waals surface area contributed by atoms with Crippen molar-refractivity contribution in [3.05, 3.63) is 0 Å². The first-order valence-corrected chi connectivity index (χ1v) is 4.01. The van der Waals surface area contributed by atoms with Crippen molar-refractivity contribution >= 4 is 9.52 Å². The summed E-state index contributed by atoms with van der Waals surface area (Å²) < 4.78 is 34.1. The minimum Gasteiger partial charge on any atom is -0.178 e. The van der Waals surface area contributed by atoms with E-state index in [4.69, 9.17) is 0 Å². The van der Waals surface area contributed by atoms with Gasteiger partial charge in [-0.05, 0) is 5.54 Å². The van der Waals surface area contributed by atoms with Crippen molar-refractivity contribution in [3.8, 4) is 0 Å². The van der Waals surface area contributed by atoms with Gasteiger partial charge in [0.05, 0.1) is 0 Å². The highest BCUT2D eigenvalue weighted by Crippen LogP contribution is 2.17. The predicted octanol–water partition coefficient (Wildman–Crippen LogP) is 1.50. The second-order valence-electron chi connectivity index (χ2n) is 2.21. The molecule has 0 heterocycles.